The van der Waals surface area contributed by atoms with Crippen LogP contribution in [0.25, 0.3) is 10.9 Å². The summed E-state index contributed by atoms with van der Waals surface area (Å²) in [7, 11) is 0. The topological polar surface area (TPSA) is 113 Å². The number of fused-ring (bicyclic) bond motifs is 6. The molecule has 2 fully saturated rings. The number of carbonyl (C=O) groups excluding carboxylic acids is 3. The normalized spacial score (nSPS) is 26.5. The Morgan fingerprint density at radius 2 is 1.77 bits per heavy atom. The Hall–Kier alpha value is -4.63. The molecule has 3 amide bonds. The number of nitrogens with one attached hydrogen (secondary N) is 3. The first kappa shape index (κ1) is 23.3. The van der Waals surface area contributed by atoms with E-state index in [2.05, 4.69) is 15.6 Å². The fourth-order valence-corrected chi connectivity index (χ4v) is 7.11. The number of rotatable bonds is 3. The van der Waals surface area contributed by atoms with Crippen LogP contribution in [-0.4, -0.2) is 42.0 Å². The third-order valence-electron chi connectivity index (χ3n) is 8.86. The zero-order valence-electron chi connectivity index (χ0n) is 21.7. The number of amides is 3. The van der Waals surface area contributed by atoms with Gasteiger partial charge in [-0.3, -0.25) is 19.7 Å². The second kappa shape index (κ2) is 8.19. The molecule has 3 aromatic carbocycles. The van der Waals surface area contributed by atoms with Gasteiger partial charge in [-0.2, -0.15) is 0 Å². The van der Waals surface area contributed by atoms with Crippen LogP contribution in [0.15, 0.2) is 66.9 Å². The Balaban J connectivity index is 1.27. The highest BCUT2D eigenvalue weighted by atomic mass is 16.6. The Morgan fingerprint density at radius 3 is 2.65 bits per heavy atom. The van der Waals surface area contributed by atoms with Gasteiger partial charge in [-0.05, 0) is 42.7 Å². The van der Waals surface area contributed by atoms with Crippen molar-refractivity contribution in [1.29, 1.82) is 0 Å². The number of anilines is 2. The van der Waals surface area contributed by atoms with Crippen LogP contribution in [-0.2, 0) is 26.3 Å². The number of hydrogen-bond donors (Lipinski definition) is 3. The zero-order valence-corrected chi connectivity index (χ0v) is 21.7. The number of benzene rings is 3. The van der Waals surface area contributed by atoms with Gasteiger partial charge in [0.25, 0.3) is 0 Å². The van der Waals surface area contributed by atoms with E-state index in [-0.39, 0.29) is 11.8 Å². The van der Waals surface area contributed by atoms with Gasteiger partial charge in [0, 0.05) is 40.5 Å². The summed E-state index contributed by atoms with van der Waals surface area (Å²) in [6.07, 6.45) is 2.41. The van der Waals surface area contributed by atoms with Crippen molar-refractivity contribution in [3.05, 3.63) is 83.6 Å². The molecular weight excluding hydrogens is 508 g/mol. The number of H-pyrrole nitrogens is 1. The summed E-state index contributed by atoms with van der Waals surface area (Å²) < 4.78 is 11.4. The molecule has 3 N–H and O–H groups in total. The summed E-state index contributed by atoms with van der Waals surface area (Å²) in [4.78, 5) is 47.0. The molecule has 4 unspecified atom stereocenters. The highest BCUT2D eigenvalue weighted by Gasteiger charge is 2.70. The van der Waals surface area contributed by atoms with Gasteiger partial charge in [0.1, 0.15) is 18.8 Å². The van der Waals surface area contributed by atoms with Crippen LogP contribution in [0.2, 0.25) is 0 Å². The first-order valence-corrected chi connectivity index (χ1v) is 13.5. The number of carbonyl (C=O) groups is 3. The van der Waals surface area contributed by atoms with Crippen molar-refractivity contribution >= 4 is 40.0 Å². The van der Waals surface area contributed by atoms with Gasteiger partial charge in [0.05, 0.1) is 17.5 Å². The first-order valence-electron chi connectivity index (χ1n) is 13.5. The van der Waals surface area contributed by atoms with E-state index in [0.29, 0.717) is 48.1 Å². The molecule has 1 aromatic heterocycles. The number of aromatic amines is 1. The number of para-hydroxylation sites is 2. The molecule has 1 spiro atoms. The third-order valence-corrected chi connectivity index (χ3v) is 8.86. The number of aromatic nitrogens is 1. The summed E-state index contributed by atoms with van der Waals surface area (Å²) in [5.41, 5.74) is 3.37. The van der Waals surface area contributed by atoms with E-state index in [1.54, 1.807) is 18.2 Å². The molecule has 0 bridgehead atoms. The minimum absolute atomic E-state index is 0.307. The molecule has 2 saturated heterocycles. The Bertz CT molecular complexity index is 1760. The predicted octanol–water partition coefficient (Wildman–Crippen LogP) is 3.42. The van der Waals surface area contributed by atoms with E-state index in [1.807, 2.05) is 55.6 Å². The molecule has 9 nitrogen and oxygen atoms in total. The standard InChI is InChI=1S/C31H26N4O5/c1-16-5-4-7-20-27(16)33-30(38)31(20)26-25(22(34-31)13-17-15-32-21-8-3-2-6-19(17)21)28(36)35(29(26)37)18-9-10-23-24(14-18)40-12-11-39-23/h2-10,14-15,22,25-26,32,34H,11-13H2,1H3,(H,33,38). The molecule has 0 saturated carbocycles. The Labute approximate surface area is 229 Å². The fraction of sp³-hybridized carbons (Fsp3) is 0.258. The molecule has 8 rings (SSSR count). The minimum atomic E-state index is -1.36. The zero-order chi connectivity index (χ0) is 27.2. The maximum Gasteiger partial charge on any atom is 0.250 e. The predicted molar refractivity (Wildman–Crippen MR) is 147 cm³/mol. The van der Waals surface area contributed by atoms with Gasteiger partial charge in [-0.15, -0.1) is 0 Å². The van der Waals surface area contributed by atoms with Crippen molar-refractivity contribution in [2.24, 2.45) is 11.8 Å². The molecule has 4 aliphatic heterocycles. The summed E-state index contributed by atoms with van der Waals surface area (Å²) in [6, 6.07) is 18.3. The van der Waals surface area contributed by atoms with Crippen LogP contribution < -0.4 is 25.0 Å². The van der Waals surface area contributed by atoms with Crippen molar-refractivity contribution < 1.29 is 23.9 Å². The Kier molecular flexibility index (Phi) is 4.76. The van der Waals surface area contributed by atoms with Crippen LogP contribution in [0.4, 0.5) is 11.4 Å². The maximum absolute atomic E-state index is 14.3. The summed E-state index contributed by atoms with van der Waals surface area (Å²) >= 11 is 0. The highest BCUT2D eigenvalue weighted by Crippen LogP contribution is 2.54. The van der Waals surface area contributed by atoms with E-state index in [1.165, 1.54) is 4.90 Å². The van der Waals surface area contributed by atoms with Crippen molar-refractivity contribution in [3.8, 4) is 11.5 Å². The van der Waals surface area contributed by atoms with Crippen LogP contribution in [0.3, 0.4) is 0 Å². The monoisotopic (exact) mass is 534 g/mol. The fourth-order valence-electron chi connectivity index (χ4n) is 7.11. The summed E-state index contributed by atoms with van der Waals surface area (Å²) in [5, 5.41) is 7.62. The van der Waals surface area contributed by atoms with Gasteiger partial charge in [-0.1, -0.05) is 36.4 Å². The van der Waals surface area contributed by atoms with Crippen LogP contribution in [0, 0.1) is 18.8 Å². The SMILES string of the molecule is Cc1cccc2c1NC(=O)C21NC(Cc2c[nH]c3ccccc23)C2C(=O)N(c3ccc4c(c3)OCCO4)C(=O)C21. The average molecular weight is 535 g/mol. The second-order valence-electron chi connectivity index (χ2n) is 10.9. The summed E-state index contributed by atoms with van der Waals surface area (Å²) in [6.45, 7) is 2.76. The number of aryl methyl sites for hydroxylation is 1. The number of imide groups is 1. The maximum atomic E-state index is 14.3. The number of hydrogen-bond acceptors (Lipinski definition) is 6. The molecule has 40 heavy (non-hydrogen) atoms. The van der Waals surface area contributed by atoms with Gasteiger partial charge < -0.3 is 19.8 Å². The molecule has 4 atom stereocenters. The number of nitrogens with zero attached hydrogens (tertiary/aromatic N) is 1. The minimum Gasteiger partial charge on any atom is -0.486 e. The van der Waals surface area contributed by atoms with E-state index in [9.17, 15) is 14.4 Å². The van der Waals surface area contributed by atoms with Gasteiger partial charge >= 0.3 is 0 Å². The second-order valence-corrected chi connectivity index (χ2v) is 10.9. The van der Waals surface area contributed by atoms with Crippen molar-refractivity contribution in [3.63, 3.8) is 0 Å². The lowest BCUT2D eigenvalue weighted by atomic mass is 9.76. The van der Waals surface area contributed by atoms with Gasteiger partial charge in [0.2, 0.25) is 17.7 Å². The van der Waals surface area contributed by atoms with E-state index in [4.69, 9.17) is 9.47 Å². The van der Waals surface area contributed by atoms with Crippen LogP contribution in [0.1, 0.15) is 16.7 Å². The third kappa shape index (κ3) is 2.98. The first-order chi connectivity index (χ1) is 19.5. The number of ether oxygens (including phenoxy) is 2. The lowest BCUT2D eigenvalue weighted by Crippen LogP contribution is -2.53. The highest BCUT2D eigenvalue weighted by molar-refractivity contribution is 6.26. The smallest absolute Gasteiger partial charge is 0.250 e. The Morgan fingerprint density at radius 1 is 0.950 bits per heavy atom. The molecule has 0 aliphatic carbocycles. The summed E-state index contributed by atoms with van der Waals surface area (Å²) in [5.74, 6) is -1.62. The van der Waals surface area contributed by atoms with E-state index in [0.717, 1.165) is 22.0 Å². The average Bonchev–Trinajstić information content (AvgIpc) is 3.68. The van der Waals surface area contributed by atoms with Gasteiger partial charge in [-0.25, -0.2) is 4.90 Å². The quantitative estimate of drug-likeness (QED) is 0.347. The van der Waals surface area contributed by atoms with Crippen LogP contribution >= 0.6 is 0 Å². The molecule has 4 aliphatic rings. The molecular formula is C31H26N4O5. The van der Waals surface area contributed by atoms with Crippen molar-refractivity contribution in [2.75, 3.05) is 23.4 Å². The molecule has 5 heterocycles. The van der Waals surface area contributed by atoms with Gasteiger partial charge in [0.15, 0.2) is 11.5 Å². The van der Waals surface area contributed by atoms with E-state index >= 15 is 0 Å². The lowest BCUT2D eigenvalue weighted by Gasteiger charge is -2.30. The molecule has 0 radical (unpaired) electrons. The lowest BCUT2D eigenvalue weighted by molar-refractivity contribution is -0.130. The van der Waals surface area contributed by atoms with Crippen LogP contribution in [0.5, 0.6) is 11.5 Å². The molecule has 4 aromatic rings. The van der Waals surface area contributed by atoms with Crippen molar-refractivity contribution in [1.82, 2.24) is 10.3 Å². The van der Waals surface area contributed by atoms with Crippen molar-refractivity contribution in [2.45, 2.75) is 24.9 Å². The molecule has 200 valence electrons. The molecule has 9 heteroatoms. The van der Waals surface area contributed by atoms with E-state index < -0.39 is 29.3 Å². The largest absolute Gasteiger partial charge is 0.486 e.